The van der Waals surface area contributed by atoms with Gasteiger partial charge in [-0.15, -0.1) is 0 Å². The minimum atomic E-state index is -4.23. The van der Waals surface area contributed by atoms with Crippen molar-refractivity contribution in [3.05, 3.63) is 36.0 Å². The molecule has 0 bridgehead atoms. The van der Waals surface area contributed by atoms with Gasteiger partial charge in [0.05, 0.1) is 114 Å². The van der Waals surface area contributed by atoms with Gasteiger partial charge in [0.25, 0.3) is 10.1 Å². The number of carbonyl (C=O) groups is 2. The van der Waals surface area contributed by atoms with E-state index in [1.165, 1.54) is 6.08 Å². The zero-order chi connectivity index (χ0) is 50.2. The molecule has 11 heterocycles. The van der Waals surface area contributed by atoms with Crippen molar-refractivity contribution in [1.29, 1.82) is 0 Å². The molecule has 0 aliphatic carbocycles. The fourth-order valence-corrected chi connectivity index (χ4v) is 14.8. The Bertz CT molecular complexity index is 2300. The molecule has 11 aliphatic rings. The van der Waals surface area contributed by atoms with Crippen molar-refractivity contribution < 1.29 is 79.8 Å². The smallest absolute Gasteiger partial charge is 0.331 e. The maximum absolute atomic E-state index is 12.7. The fraction of sp³-hybridized carbons (Fsp3) is 0.846. The molecule has 1 amide bonds. The molecular formula is C52H75NO17S. The van der Waals surface area contributed by atoms with Crippen LogP contribution in [0.5, 0.6) is 0 Å². The van der Waals surface area contributed by atoms with Gasteiger partial charge in [-0.25, -0.2) is 4.79 Å². The van der Waals surface area contributed by atoms with Gasteiger partial charge in [0, 0.05) is 69.6 Å². The number of hydrogen-bond acceptors (Lipinski definition) is 16. The second-order valence-corrected chi connectivity index (χ2v) is 25.6. The van der Waals surface area contributed by atoms with Crippen LogP contribution in [0.1, 0.15) is 126 Å². The Morgan fingerprint density at radius 1 is 0.761 bits per heavy atom. The summed E-state index contributed by atoms with van der Waals surface area (Å²) >= 11 is 0. The normalized spacial score (nSPS) is 52.2. The average molecular weight is 1020 g/mol. The molecule has 9 saturated heterocycles. The molecule has 0 aromatic carbocycles. The number of hydrogen-bond donors (Lipinski definition) is 3. The number of aliphatic hydroxyl groups excluding tert-OH is 1. The third-order valence-electron chi connectivity index (χ3n) is 18.6. The molecule has 11 aliphatic heterocycles. The van der Waals surface area contributed by atoms with Gasteiger partial charge in [-0.05, 0) is 78.7 Å². The van der Waals surface area contributed by atoms with Crippen LogP contribution in [0, 0.1) is 5.92 Å². The Morgan fingerprint density at radius 2 is 1.51 bits per heavy atom. The summed E-state index contributed by atoms with van der Waals surface area (Å²) in [5.74, 6) is -1.34. The summed E-state index contributed by atoms with van der Waals surface area (Å²) in [5, 5.41) is 14.1. The van der Waals surface area contributed by atoms with Crippen LogP contribution in [0.3, 0.4) is 0 Å². The molecule has 396 valence electrons. The molecule has 9 fully saturated rings. The highest BCUT2D eigenvalue weighted by atomic mass is 32.2. The maximum atomic E-state index is 12.7. The average Bonchev–Trinajstić information content (AvgIpc) is 3.48. The third-order valence-corrected chi connectivity index (χ3v) is 19.3. The van der Waals surface area contributed by atoms with Crippen molar-refractivity contribution in [2.45, 2.75) is 257 Å². The number of nitrogens with one attached hydrogen (secondary N) is 1. The summed E-state index contributed by atoms with van der Waals surface area (Å²) in [4.78, 5) is 24.9. The first kappa shape index (κ1) is 50.8. The van der Waals surface area contributed by atoms with Gasteiger partial charge in [-0.1, -0.05) is 25.7 Å². The molecule has 0 radical (unpaired) electrons. The first-order chi connectivity index (χ1) is 33.4. The van der Waals surface area contributed by atoms with E-state index in [4.69, 9.17) is 56.7 Å². The third kappa shape index (κ3) is 9.34. The Morgan fingerprint density at radius 3 is 2.30 bits per heavy atom. The second kappa shape index (κ2) is 18.1. The van der Waals surface area contributed by atoms with E-state index in [1.807, 2.05) is 13.8 Å². The van der Waals surface area contributed by atoms with E-state index in [2.05, 4.69) is 58.7 Å². The van der Waals surface area contributed by atoms with Crippen molar-refractivity contribution in [3.63, 3.8) is 0 Å². The molecule has 23 atom stereocenters. The van der Waals surface area contributed by atoms with Gasteiger partial charge in [-0.2, -0.15) is 8.42 Å². The quantitative estimate of drug-likeness (QED) is 0.146. The number of fused-ring (bicyclic) bond motifs is 10. The number of amides is 1. The minimum absolute atomic E-state index is 0.125. The fourth-order valence-electron chi connectivity index (χ4n) is 14.4. The molecule has 18 nitrogen and oxygen atoms in total. The summed E-state index contributed by atoms with van der Waals surface area (Å²) in [6, 6.07) is 0. The summed E-state index contributed by atoms with van der Waals surface area (Å²) in [5.41, 5.74) is -2.53. The van der Waals surface area contributed by atoms with Crippen LogP contribution in [-0.2, 0) is 71.8 Å². The number of aliphatic hydroxyl groups is 1. The number of ether oxygens (including phenoxy) is 11. The Balaban J connectivity index is 0.741. The van der Waals surface area contributed by atoms with Crippen LogP contribution in [0.15, 0.2) is 36.0 Å². The molecular weight excluding hydrogens is 943 g/mol. The lowest BCUT2D eigenvalue weighted by Gasteiger charge is -2.60. The first-order valence-corrected chi connectivity index (χ1v) is 27.8. The molecule has 0 aromatic heterocycles. The lowest BCUT2D eigenvalue weighted by atomic mass is 9.72. The van der Waals surface area contributed by atoms with Gasteiger partial charge < -0.3 is 62.5 Å². The van der Waals surface area contributed by atoms with E-state index < -0.39 is 68.1 Å². The summed E-state index contributed by atoms with van der Waals surface area (Å²) < 4.78 is 107. The monoisotopic (exact) mass is 1020 g/mol. The van der Waals surface area contributed by atoms with E-state index >= 15 is 0 Å². The largest absolute Gasteiger partial charge is 0.456 e. The van der Waals surface area contributed by atoms with Crippen LogP contribution >= 0.6 is 0 Å². The highest BCUT2D eigenvalue weighted by molar-refractivity contribution is 7.85. The first-order valence-electron chi connectivity index (χ1n) is 26.2. The predicted molar refractivity (Wildman–Crippen MR) is 252 cm³/mol. The maximum Gasteiger partial charge on any atom is 0.331 e. The van der Waals surface area contributed by atoms with E-state index in [1.54, 1.807) is 0 Å². The Hall–Kier alpha value is -2.37. The molecule has 0 saturated carbocycles. The zero-order valence-electron chi connectivity index (χ0n) is 42.2. The van der Waals surface area contributed by atoms with Crippen molar-refractivity contribution in [3.8, 4) is 0 Å². The SMILES string of the molecule is C=C(C[C@@H]1C[C@H](O)[C@]2(C)O[C@@H]3C[C@@H]4O[C@@H]5C[C@]6(C)O[C@]7(C)CC[C@@H]8O[C@@H]9C[C@]%10(C)OC%11C(C)=CC(=O)OC%11C[C@H]%10O[C@H]9C[C@@H](C)[C@H]8O[C@H]7C[C@H]6O[C@@]5(C)CC=C[C@H]4O[C@H]3C[C@H]2O1)C(=O)NCCS(=O)(=O)O. The van der Waals surface area contributed by atoms with E-state index in [0.29, 0.717) is 44.9 Å². The Kier molecular flexibility index (Phi) is 13.0. The van der Waals surface area contributed by atoms with Crippen molar-refractivity contribution >= 4 is 22.0 Å². The second-order valence-electron chi connectivity index (χ2n) is 24.1. The number of esters is 1. The van der Waals surface area contributed by atoms with E-state index in [9.17, 15) is 23.1 Å². The highest BCUT2D eigenvalue weighted by Crippen LogP contribution is 2.55. The Labute approximate surface area is 417 Å². The van der Waals surface area contributed by atoms with Crippen molar-refractivity contribution in [2.75, 3.05) is 12.3 Å². The van der Waals surface area contributed by atoms with Crippen LogP contribution in [0.2, 0.25) is 0 Å². The lowest BCUT2D eigenvalue weighted by molar-refractivity contribution is -0.356. The van der Waals surface area contributed by atoms with Crippen LogP contribution in [0.25, 0.3) is 0 Å². The molecule has 0 spiro atoms. The summed E-state index contributed by atoms with van der Waals surface area (Å²) in [7, 11) is -4.23. The van der Waals surface area contributed by atoms with Crippen LogP contribution in [0.4, 0.5) is 0 Å². The molecule has 2 unspecified atom stereocenters. The van der Waals surface area contributed by atoms with Crippen LogP contribution < -0.4 is 5.32 Å². The van der Waals surface area contributed by atoms with Gasteiger partial charge in [-0.3, -0.25) is 9.35 Å². The summed E-state index contributed by atoms with van der Waals surface area (Å²) in [6.45, 7) is 18.3. The van der Waals surface area contributed by atoms with Crippen molar-refractivity contribution in [1.82, 2.24) is 5.32 Å². The molecule has 19 heteroatoms. The predicted octanol–water partition coefficient (Wildman–Crippen LogP) is 4.28. The number of rotatable bonds is 6. The molecule has 71 heavy (non-hydrogen) atoms. The van der Waals surface area contributed by atoms with Gasteiger partial charge in [0.2, 0.25) is 5.91 Å². The van der Waals surface area contributed by atoms with Gasteiger partial charge in [0.1, 0.15) is 23.9 Å². The van der Waals surface area contributed by atoms with Crippen molar-refractivity contribution in [2.24, 2.45) is 5.92 Å². The molecule has 3 N–H and O–H groups in total. The molecule has 0 aromatic rings. The van der Waals surface area contributed by atoms with E-state index in [0.717, 1.165) is 24.8 Å². The highest BCUT2D eigenvalue weighted by Gasteiger charge is 2.64. The standard InChI is InChI=1S/C52H75NO17S/c1-26-17-32-37(24-50(6)39(63-32)22-36-46(69-50)27(2)18-44(55)65-36)62-31-11-13-49(5)40(66-45(26)31)23-41-51(7,70-49)25-43-48(4,68-41)12-9-10-30-33(64-43)20-35-34(61-30)21-42-52(8,67-35)38(54)19-29(60-42)16-28(3)47(56)53-14-15-71(57,58)59/h9-10,18,26,29-43,45-46,54H,3,11-17,19-25H2,1-2,4-8H3,(H,53,56)(H,57,58,59)/t26-,29-,30-,31+,32+,33+,34+,35-,36?,37-,38+,39-,40+,41-,42-,43-,45-,46?,48+,49-,50+,51+,52+/m1/s1. The van der Waals surface area contributed by atoms with Crippen LogP contribution in [-0.4, -0.2) is 174 Å². The zero-order valence-corrected chi connectivity index (χ0v) is 43.0. The minimum Gasteiger partial charge on any atom is -0.456 e. The summed E-state index contributed by atoms with van der Waals surface area (Å²) in [6.07, 6.45) is 6.75. The van der Waals surface area contributed by atoms with Gasteiger partial charge in [0.15, 0.2) is 0 Å². The van der Waals surface area contributed by atoms with E-state index in [-0.39, 0.29) is 122 Å². The molecule has 11 rings (SSSR count). The number of carbonyl (C=O) groups excluding carboxylic acids is 2. The lowest BCUT2D eigenvalue weighted by Crippen LogP contribution is -2.70. The topological polar surface area (TPSA) is 222 Å². The van der Waals surface area contributed by atoms with Gasteiger partial charge >= 0.3 is 5.97 Å².